The number of hydrogen-bond donors (Lipinski definition) is 1. The van der Waals surface area contributed by atoms with Gasteiger partial charge in [0, 0.05) is 11.3 Å². The lowest BCUT2D eigenvalue weighted by atomic mass is 10.1. The number of nitrogens with zero attached hydrogens (tertiary/aromatic N) is 1. The minimum atomic E-state index is -0.394. The second-order valence-corrected chi connectivity index (χ2v) is 6.08. The zero-order valence-electron chi connectivity index (χ0n) is 14.9. The molecule has 1 saturated heterocycles. The molecule has 2 aromatic rings. The molecule has 6 nitrogen and oxygen atoms in total. The lowest BCUT2D eigenvalue weighted by Crippen LogP contribution is -2.34. The van der Waals surface area contributed by atoms with Gasteiger partial charge in [0.1, 0.15) is 11.9 Å². The first kappa shape index (κ1) is 17.8. The second-order valence-electron chi connectivity index (χ2n) is 6.08. The Morgan fingerprint density at radius 2 is 2.04 bits per heavy atom. The summed E-state index contributed by atoms with van der Waals surface area (Å²) in [6, 6.07) is 14.7. The zero-order valence-corrected chi connectivity index (χ0v) is 14.9. The number of amides is 2. The van der Waals surface area contributed by atoms with E-state index in [0.717, 1.165) is 12.1 Å². The van der Waals surface area contributed by atoms with Gasteiger partial charge in [0.15, 0.2) is 0 Å². The Kier molecular flexibility index (Phi) is 5.41. The van der Waals surface area contributed by atoms with Crippen LogP contribution in [-0.4, -0.2) is 38.3 Å². The van der Waals surface area contributed by atoms with E-state index in [1.807, 2.05) is 24.3 Å². The zero-order chi connectivity index (χ0) is 18.5. The highest BCUT2D eigenvalue weighted by atomic mass is 16.6. The molecule has 1 atom stereocenters. The van der Waals surface area contributed by atoms with Crippen LogP contribution < -0.4 is 15.0 Å². The number of benzene rings is 2. The molecule has 3 rings (SSSR count). The van der Waals surface area contributed by atoms with Crippen LogP contribution in [0.4, 0.5) is 10.5 Å². The molecule has 0 aromatic heterocycles. The Morgan fingerprint density at radius 1 is 1.27 bits per heavy atom. The molecule has 1 aliphatic rings. The molecule has 2 amide bonds. The number of hydrogen-bond acceptors (Lipinski definition) is 4. The fraction of sp³-hybridized carbons (Fsp3) is 0.300. The summed E-state index contributed by atoms with van der Waals surface area (Å²) in [6.07, 6.45) is 0.168. The van der Waals surface area contributed by atoms with E-state index in [1.165, 1.54) is 5.56 Å². The molecular weight excluding hydrogens is 332 g/mol. The molecule has 1 aliphatic heterocycles. The molecule has 1 N–H and O–H groups in total. The first-order chi connectivity index (χ1) is 12.6. The summed E-state index contributed by atoms with van der Waals surface area (Å²) in [5.41, 5.74) is 2.51. The topological polar surface area (TPSA) is 67.9 Å². The van der Waals surface area contributed by atoms with Gasteiger partial charge in [-0.2, -0.15) is 0 Å². The highest BCUT2D eigenvalue weighted by Gasteiger charge is 2.32. The maximum Gasteiger partial charge on any atom is 0.414 e. The highest BCUT2D eigenvalue weighted by Crippen LogP contribution is 2.22. The van der Waals surface area contributed by atoms with Crippen molar-refractivity contribution in [2.75, 3.05) is 25.1 Å². The van der Waals surface area contributed by atoms with Gasteiger partial charge < -0.3 is 14.8 Å². The van der Waals surface area contributed by atoms with Crippen LogP contribution in [0.15, 0.2) is 48.5 Å². The predicted molar refractivity (Wildman–Crippen MR) is 98.8 cm³/mol. The third-order valence-corrected chi connectivity index (χ3v) is 4.35. The normalized spacial score (nSPS) is 16.3. The van der Waals surface area contributed by atoms with Crippen molar-refractivity contribution in [3.63, 3.8) is 0 Å². The second kappa shape index (κ2) is 7.91. The Bertz CT molecular complexity index is 789. The molecule has 0 spiro atoms. The Morgan fingerprint density at radius 3 is 2.73 bits per heavy atom. The minimum absolute atomic E-state index is 0.231. The Balaban J connectivity index is 1.57. The monoisotopic (exact) mass is 354 g/mol. The fourth-order valence-corrected chi connectivity index (χ4v) is 2.82. The molecule has 6 heteroatoms. The van der Waals surface area contributed by atoms with E-state index in [2.05, 4.69) is 12.2 Å². The average Bonchev–Trinajstić information content (AvgIpc) is 3.06. The van der Waals surface area contributed by atoms with Crippen LogP contribution in [0.25, 0.3) is 0 Å². The van der Waals surface area contributed by atoms with E-state index in [9.17, 15) is 9.59 Å². The molecule has 26 heavy (non-hydrogen) atoms. The first-order valence-electron chi connectivity index (χ1n) is 8.60. The first-order valence-corrected chi connectivity index (χ1v) is 8.60. The number of aryl methyl sites for hydroxylation is 1. The molecule has 0 bridgehead atoms. The van der Waals surface area contributed by atoms with E-state index in [1.54, 1.807) is 36.3 Å². The molecule has 0 saturated carbocycles. The predicted octanol–water partition coefficient (Wildman–Crippen LogP) is 3.01. The van der Waals surface area contributed by atoms with Gasteiger partial charge in [-0.15, -0.1) is 0 Å². The van der Waals surface area contributed by atoms with Crippen molar-refractivity contribution >= 4 is 17.7 Å². The Hall–Kier alpha value is -3.02. The fourth-order valence-electron chi connectivity index (χ4n) is 2.82. The lowest BCUT2D eigenvalue weighted by Gasteiger charge is -2.13. The minimum Gasteiger partial charge on any atom is -0.497 e. The summed E-state index contributed by atoms with van der Waals surface area (Å²) < 4.78 is 10.5. The van der Waals surface area contributed by atoms with Gasteiger partial charge in [0.05, 0.1) is 20.2 Å². The maximum atomic E-state index is 12.3. The van der Waals surface area contributed by atoms with Gasteiger partial charge in [-0.05, 0) is 42.3 Å². The summed E-state index contributed by atoms with van der Waals surface area (Å²) in [4.78, 5) is 25.9. The number of methoxy groups -OCH3 is 1. The smallest absolute Gasteiger partial charge is 0.414 e. The van der Waals surface area contributed by atoms with Gasteiger partial charge in [0.25, 0.3) is 5.91 Å². The van der Waals surface area contributed by atoms with Crippen LogP contribution >= 0.6 is 0 Å². The summed E-state index contributed by atoms with van der Waals surface area (Å²) >= 11 is 0. The number of carbonyl (C=O) groups excluding carboxylic acids is 2. The van der Waals surface area contributed by atoms with Gasteiger partial charge in [0.2, 0.25) is 0 Å². The van der Waals surface area contributed by atoms with Gasteiger partial charge in [-0.1, -0.05) is 25.1 Å². The standard InChI is InChI=1S/C20H22N2O4/c1-3-14-7-9-16(10-8-14)22-13-18(26-20(22)24)12-21-19(23)15-5-4-6-17(11-15)25-2/h4-11,18H,3,12-13H2,1-2H3,(H,21,23). The Labute approximate surface area is 152 Å². The highest BCUT2D eigenvalue weighted by molar-refractivity contribution is 5.94. The van der Waals surface area contributed by atoms with Crippen molar-refractivity contribution < 1.29 is 19.1 Å². The SMILES string of the molecule is CCc1ccc(N2CC(CNC(=O)c3cccc(OC)c3)OC2=O)cc1. The molecule has 1 unspecified atom stereocenters. The summed E-state index contributed by atoms with van der Waals surface area (Å²) in [6.45, 7) is 2.74. The molecule has 1 heterocycles. The molecule has 0 radical (unpaired) electrons. The van der Waals surface area contributed by atoms with Crippen LogP contribution in [0.5, 0.6) is 5.75 Å². The van der Waals surface area contributed by atoms with Crippen molar-refractivity contribution in [1.29, 1.82) is 0 Å². The van der Waals surface area contributed by atoms with Crippen LogP contribution in [0.2, 0.25) is 0 Å². The number of ether oxygens (including phenoxy) is 2. The third-order valence-electron chi connectivity index (χ3n) is 4.35. The average molecular weight is 354 g/mol. The van der Waals surface area contributed by atoms with Crippen molar-refractivity contribution in [1.82, 2.24) is 5.32 Å². The van der Waals surface area contributed by atoms with E-state index < -0.39 is 6.09 Å². The maximum absolute atomic E-state index is 12.3. The van der Waals surface area contributed by atoms with Gasteiger partial charge in [-0.25, -0.2) is 4.79 Å². The molecule has 0 aliphatic carbocycles. The van der Waals surface area contributed by atoms with E-state index in [4.69, 9.17) is 9.47 Å². The van der Waals surface area contributed by atoms with Gasteiger partial charge >= 0.3 is 6.09 Å². The van der Waals surface area contributed by atoms with E-state index in [0.29, 0.717) is 17.9 Å². The summed E-state index contributed by atoms with van der Waals surface area (Å²) in [5, 5.41) is 2.80. The summed E-state index contributed by atoms with van der Waals surface area (Å²) in [7, 11) is 1.55. The van der Waals surface area contributed by atoms with Crippen LogP contribution in [-0.2, 0) is 11.2 Å². The number of carbonyl (C=O) groups is 2. The van der Waals surface area contributed by atoms with Crippen LogP contribution in [0, 0.1) is 0 Å². The summed E-state index contributed by atoms with van der Waals surface area (Å²) in [5.74, 6) is 0.386. The lowest BCUT2D eigenvalue weighted by molar-refractivity contribution is 0.0916. The van der Waals surface area contributed by atoms with Crippen molar-refractivity contribution in [2.24, 2.45) is 0 Å². The van der Waals surface area contributed by atoms with Crippen molar-refractivity contribution in [3.8, 4) is 5.75 Å². The third kappa shape index (κ3) is 3.96. The van der Waals surface area contributed by atoms with Crippen LogP contribution in [0.3, 0.4) is 0 Å². The molecule has 1 fully saturated rings. The molecule has 2 aromatic carbocycles. The number of cyclic esters (lactones) is 1. The van der Waals surface area contributed by atoms with Crippen LogP contribution in [0.1, 0.15) is 22.8 Å². The van der Waals surface area contributed by atoms with Crippen molar-refractivity contribution in [2.45, 2.75) is 19.4 Å². The molecular formula is C20H22N2O4. The quantitative estimate of drug-likeness (QED) is 0.866. The molecule has 136 valence electrons. The largest absolute Gasteiger partial charge is 0.497 e. The number of nitrogens with one attached hydrogen (secondary N) is 1. The number of rotatable bonds is 6. The van der Waals surface area contributed by atoms with E-state index in [-0.39, 0.29) is 18.6 Å². The van der Waals surface area contributed by atoms with E-state index >= 15 is 0 Å². The van der Waals surface area contributed by atoms with Crippen molar-refractivity contribution in [3.05, 3.63) is 59.7 Å². The van der Waals surface area contributed by atoms with Gasteiger partial charge in [-0.3, -0.25) is 9.69 Å². The number of anilines is 1.